The molecule has 90 valence electrons. The molecule has 19 heavy (non-hydrogen) atoms. The lowest BCUT2D eigenvalue weighted by Gasteiger charge is -1.99. The Morgan fingerprint density at radius 3 is 2.53 bits per heavy atom. The van der Waals surface area contributed by atoms with E-state index < -0.39 is 0 Å². The fourth-order valence-corrected chi connectivity index (χ4v) is 1.86. The molecular weight excluding hydrogens is 232 g/mol. The quantitative estimate of drug-likeness (QED) is 0.720. The molecule has 2 aromatic rings. The molecule has 3 rings (SSSR count). The summed E-state index contributed by atoms with van der Waals surface area (Å²) in [6.45, 7) is 0. The highest BCUT2D eigenvalue weighted by atomic mass is 14.8. The lowest BCUT2D eigenvalue weighted by atomic mass is 10.1. The maximum Gasteiger partial charge on any atom is 0.0898 e. The van der Waals surface area contributed by atoms with E-state index in [1.165, 1.54) is 0 Å². The fourth-order valence-electron chi connectivity index (χ4n) is 1.86. The van der Waals surface area contributed by atoms with Crippen LogP contribution in [-0.2, 0) is 0 Å². The van der Waals surface area contributed by atoms with Crippen molar-refractivity contribution in [1.82, 2.24) is 9.97 Å². The second-order valence-electron chi connectivity index (χ2n) is 4.21. The van der Waals surface area contributed by atoms with Gasteiger partial charge in [0.15, 0.2) is 0 Å². The molecule has 0 radical (unpaired) electrons. The third-order valence-corrected chi connectivity index (χ3v) is 2.82. The van der Waals surface area contributed by atoms with Crippen LogP contribution in [0.5, 0.6) is 0 Å². The Morgan fingerprint density at radius 1 is 0.895 bits per heavy atom. The van der Waals surface area contributed by atoms with Gasteiger partial charge in [-0.2, -0.15) is 0 Å². The van der Waals surface area contributed by atoms with Crippen molar-refractivity contribution in [2.45, 2.75) is 0 Å². The normalized spacial score (nSPS) is 13.3. The average molecular weight is 244 g/mol. The number of rotatable bonds is 1. The number of allylic oxidation sites excluding steroid dienone is 4. The van der Waals surface area contributed by atoms with E-state index in [2.05, 4.69) is 34.0 Å². The maximum atomic E-state index is 4.33. The van der Waals surface area contributed by atoms with E-state index in [1.807, 2.05) is 42.5 Å². The molecule has 1 aliphatic carbocycles. The first-order valence-electron chi connectivity index (χ1n) is 6.16. The summed E-state index contributed by atoms with van der Waals surface area (Å²) in [6, 6.07) is 9.68. The van der Waals surface area contributed by atoms with Crippen LogP contribution in [0.4, 0.5) is 0 Å². The van der Waals surface area contributed by atoms with Crippen molar-refractivity contribution in [1.29, 1.82) is 0 Å². The van der Waals surface area contributed by atoms with Crippen molar-refractivity contribution in [3.63, 3.8) is 0 Å². The minimum absolute atomic E-state index is 0.228. The molecule has 2 nitrogen and oxygen atoms in total. The van der Waals surface area contributed by atoms with Gasteiger partial charge in [-0.1, -0.05) is 42.2 Å². The molecule has 0 unspecified atom stereocenters. The molecule has 0 aliphatic heterocycles. The van der Waals surface area contributed by atoms with Crippen LogP contribution in [0.15, 0.2) is 67.0 Å². The zero-order chi connectivity index (χ0) is 12.9. The summed E-state index contributed by atoms with van der Waals surface area (Å²) in [5, 5.41) is 0. The molecule has 0 spiro atoms. The molecular formula is C17H12N2. The van der Waals surface area contributed by atoms with Crippen LogP contribution in [-0.4, -0.2) is 9.97 Å². The second-order valence-corrected chi connectivity index (χ2v) is 4.21. The number of hydrogen-bond acceptors (Lipinski definition) is 2. The molecule has 0 bridgehead atoms. The van der Waals surface area contributed by atoms with Gasteiger partial charge < -0.3 is 0 Å². The fraction of sp³-hybridized carbons (Fsp3) is 0.0588. The zero-order valence-electron chi connectivity index (χ0n) is 10.3. The highest BCUT2D eigenvalue weighted by Gasteiger charge is 2.01. The van der Waals surface area contributed by atoms with Crippen molar-refractivity contribution >= 4 is 0 Å². The molecule has 0 amide bonds. The lowest BCUT2D eigenvalue weighted by molar-refractivity contribution is 1.15. The van der Waals surface area contributed by atoms with E-state index >= 15 is 0 Å². The third-order valence-electron chi connectivity index (χ3n) is 2.82. The van der Waals surface area contributed by atoms with Gasteiger partial charge in [0.05, 0.1) is 17.3 Å². The predicted molar refractivity (Wildman–Crippen MR) is 76.1 cm³/mol. The average Bonchev–Trinajstić information content (AvgIpc) is 3.00. The molecule has 1 aliphatic rings. The first-order chi connectivity index (χ1) is 9.42. The monoisotopic (exact) mass is 244 g/mol. The van der Waals surface area contributed by atoms with E-state index in [4.69, 9.17) is 0 Å². The predicted octanol–water partition coefficient (Wildman–Crippen LogP) is 3.24. The largest absolute Gasteiger partial charge is 0.255 e. The first-order valence-corrected chi connectivity index (χ1v) is 6.16. The maximum absolute atomic E-state index is 4.33. The molecule has 0 atom stereocenters. The number of aromatic nitrogens is 2. The van der Waals surface area contributed by atoms with Crippen molar-refractivity contribution in [2.75, 3.05) is 0 Å². The summed E-state index contributed by atoms with van der Waals surface area (Å²) >= 11 is 0. The standard InChI is InChI=1S/C17H12N2/c1-2-6-14(5-1)8-9-15-10-12-19-17(13-15)16-7-3-4-11-18-16/h1-7,10-14H. The summed E-state index contributed by atoms with van der Waals surface area (Å²) in [6.07, 6.45) is 11.7. The molecule has 0 saturated heterocycles. The lowest BCUT2D eigenvalue weighted by Crippen LogP contribution is -1.88. The summed E-state index contributed by atoms with van der Waals surface area (Å²) in [7, 11) is 0. The van der Waals surface area contributed by atoms with Gasteiger partial charge in [-0.15, -0.1) is 0 Å². The van der Waals surface area contributed by atoms with E-state index in [0.717, 1.165) is 17.0 Å². The van der Waals surface area contributed by atoms with Gasteiger partial charge in [-0.3, -0.25) is 9.97 Å². The molecule has 0 fully saturated rings. The molecule has 0 N–H and O–H groups in total. The van der Waals surface area contributed by atoms with Crippen LogP contribution >= 0.6 is 0 Å². The summed E-state index contributed by atoms with van der Waals surface area (Å²) in [5.74, 6) is 6.61. The summed E-state index contributed by atoms with van der Waals surface area (Å²) in [5.41, 5.74) is 2.68. The zero-order valence-corrected chi connectivity index (χ0v) is 10.3. The molecule has 0 aromatic carbocycles. The Balaban J connectivity index is 1.88. The highest BCUT2D eigenvalue weighted by molar-refractivity contribution is 5.56. The van der Waals surface area contributed by atoms with Crippen LogP contribution in [0.2, 0.25) is 0 Å². The first kappa shape index (κ1) is 11.4. The second kappa shape index (κ2) is 5.32. The summed E-state index contributed by atoms with van der Waals surface area (Å²) in [4.78, 5) is 8.63. The van der Waals surface area contributed by atoms with Crippen molar-refractivity contribution in [3.05, 3.63) is 72.6 Å². The Morgan fingerprint density at radius 2 is 1.74 bits per heavy atom. The molecule has 0 saturated carbocycles. The third kappa shape index (κ3) is 2.78. The van der Waals surface area contributed by atoms with Crippen molar-refractivity contribution in [2.24, 2.45) is 5.92 Å². The Kier molecular flexibility index (Phi) is 3.20. The SMILES string of the molecule is C(#CC1C=CC=C1)c1ccnc(-c2ccccn2)c1. The van der Waals surface area contributed by atoms with E-state index in [-0.39, 0.29) is 5.92 Å². The number of pyridine rings is 2. The summed E-state index contributed by atoms with van der Waals surface area (Å²) < 4.78 is 0. The van der Waals surface area contributed by atoms with Gasteiger partial charge >= 0.3 is 0 Å². The van der Waals surface area contributed by atoms with Crippen LogP contribution in [0.1, 0.15) is 5.56 Å². The highest BCUT2D eigenvalue weighted by Crippen LogP contribution is 2.14. The van der Waals surface area contributed by atoms with Gasteiger partial charge in [0.1, 0.15) is 0 Å². The van der Waals surface area contributed by atoms with Crippen LogP contribution < -0.4 is 0 Å². The Labute approximate surface area is 112 Å². The minimum Gasteiger partial charge on any atom is -0.255 e. The van der Waals surface area contributed by atoms with E-state index in [1.54, 1.807) is 12.4 Å². The van der Waals surface area contributed by atoms with Gasteiger partial charge in [-0.25, -0.2) is 0 Å². The van der Waals surface area contributed by atoms with Gasteiger partial charge in [0, 0.05) is 18.0 Å². The van der Waals surface area contributed by atoms with E-state index in [0.29, 0.717) is 0 Å². The molecule has 2 aromatic heterocycles. The van der Waals surface area contributed by atoms with Crippen LogP contribution in [0, 0.1) is 17.8 Å². The van der Waals surface area contributed by atoms with Crippen LogP contribution in [0.25, 0.3) is 11.4 Å². The minimum atomic E-state index is 0.228. The van der Waals surface area contributed by atoms with Gasteiger partial charge in [0.2, 0.25) is 0 Å². The number of hydrogen-bond donors (Lipinski definition) is 0. The van der Waals surface area contributed by atoms with Gasteiger partial charge in [0.25, 0.3) is 0 Å². The van der Waals surface area contributed by atoms with E-state index in [9.17, 15) is 0 Å². The van der Waals surface area contributed by atoms with Crippen molar-refractivity contribution < 1.29 is 0 Å². The topological polar surface area (TPSA) is 25.8 Å². The Bertz CT molecular complexity index is 676. The van der Waals surface area contributed by atoms with Gasteiger partial charge in [-0.05, 0) is 24.3 Å². The molecule has 2 heteroatoms. The Hall–Kier alpha value is -2.66. The number of nitrogens with zero attached hydrogens (tertiary/aromatic N) is 2. The van der Waals surface area contributed by atoms with Crippen molar-refractivity contribution in [3.8, 4) is 23.2 Å². The smallest absolute Gasteiger partial charge is 0.0898 e. The molecule has 2 heterocycles. The van der Waals surface area contributed by atoms with Crippen LogP contribution in [0.3, 0.4) is 0 Å².